The van der Waals surface area contributed by atoms with Gasteiger partial charge < -0.3 is 4.70 Å². The minimum absolute atomic E-state index is 0. The van der Waals surface area contributed by atoms with Crippen molar-refractivity contribution in [2.24, 2.45) is 5.14 Å². The fourth-order valence-electron chi connectivity index (χ4n) is 0. The molecule has 0 saturated heterocycles. The maximum atomic E-state index is 10.4. The Morgan fingerprint density at radius 1 is 0.826 bits per heavy atom. The molecule has 0 amide bonds. The highest BCUT2D eigenvalue weighted by Gasteiger charge is 1.90. The first kappa shape index (κ1) is 49.5. The number of rotatable bonds is 0. The highest BCUT2D eigenvalue weighted by molar-refractivity contribution is 7.90. The Labute approximate surface area is 145 Å². The minimum atomic E-state index is -3.17. The van der Waals surface area contributed by atoms with Gasteiger partial charge in [0.15, 0.2) is 0 Å². The average molecular weight is 411 g/mol. The number of nitrogens with two attached hydrogens (primary N) is 1. The first-order valence-corrected chi connectivity index (χ1v) is 11.0. The molecule has 0 bridgehead atoms. The van der Waals surface area contributed by atoms with Gasteiger partial charge in [0.1, 0.15) is 9.84 Å². The van der Waals surface area contributed by atoms with Crippen molar-refractivity contribution in [1.29, 1.82) is 0 Å². The Morgan fingerprint density at radius 2 is 0.826 bits per heavy atom. The molecule has 0 radical (unpaired) electrons. The van der Waals surface area contributed by atoms with Gasteiger partial charge in [0, 0.05) is 19.2 Å². The van der Waals surface area contributed by atoms with Crippen molar-refractivity contribution in [2.75, 3.05) is 25.4 Å². The molecular formula is C11H38BF3NO4PS2-2. The van der Waals surface area contributed by atoms with E-state index in [-0.39, 0.29) is 33.1 Å². The quantitative estimate of drug-likeness (QED) is 0.480. The SMILES string of the molecule is C.C.C.CP(F)F.CS(C)(=O)=O.CS(N)(=O)=O.C[B-](C)(C)C.[F-]. The zero-order chi connectivity index (χ0) is 17.1. The van der Waals surface area contributed by atoms with E-state index in [1.54, 1.807) is 0 Å². The lowest BCUT2D eigenvalue weighted by atomic mass is 9.32. The summed E-state index contributed by atoms with van der Waals surface area (Å²) in [5, 5.41) is 4.33. The first-order chi connectivity index (χ1) is 7.73. The maximum absolute atomic E-state index is 10.4. The largest absolute Gasteiger partial charge is 1.00 e. The molecule has 0 unspecified atom stereocenters. The summed E-state index contributed by atoms with van der Waals surface area (Å²) >= 11 is 0. The summed E-state index contributed by atoms with van der Waals surface area (Å²) in [6.07, 6.45) is 3.26. The maximum Gasteiger partial charge on any atom is 0.263 e. The highest BCUT2D eigenvalue weighted by Crippen LogP contribution is 2.32. The second-order valence-corrected chi connectivity index (χ2v) is 10.6. The van der Waals surface area contributed by atoms with Crippen LogP contribution in [0.5, 0.6) is 0 Å². The third-order valence-electron chi connectivity index (χ3n) is 0. The number of sulfonamides is 1. The fourth-order valence-corrected chi connectivity index (χ4v) is 0. The molecule has 0 atom stereocenters. The fraction of sp³-hybridized carbons (Fsp3) is 1.00. The third-order valence-corrected chi connectivity index (χ3v) is 0. The molecule has 0 rings (SSSR count). The van der Waals surface area contributed by atoms with E-state index >= 15 is 0 Å². The summed E-state index contributed by atoms with van der Waals surface area (Å²) in [5.41, 5.74) is 0. The molecule has 0 fully saturated rings. The van der Waals surface area contributed by atoms with Gasteiger partial charge in [-0.25, -0.2) is 22.0 Å². The Kier molecular flexibility index (Phi) is 47.6. The molecule has 0 spiro atoms. The van der Waals surface area contributed by atoms with Crippen LogP contribution in [0.1, 0.15) is 22.3 Å². The van der Waals surface area contributed by atoms with Gasteiger partial charge in [-0.1, -0.05) is 22.3 Å². The van der Waals surface area contributed by atoms with Gasteiger partial charge in [0.05, 0.1) is 6.26 Å². The van der Waals surface area contributed by atoms with Crippen molar-refractivity contribution in [3.63, 3.8) is 0 Å². The summed E-state index contributed by atoms with van der Waals surface area (Å²) in [5.74, 6) is 0. The van der Waals surface area contributed by atoms with Crippen LogP contribution in [0, 0.1) is 0 Å². The number of sulfone groups is 1. The molecular weight excluding hydrogens is 373 g/mol. The molecule has 12 heteroatoms. The monoisotopic (exact) mass is 411 g/mol. The molecule has 0 saturated carbocycles. The Bertz CT molecular complexity index is 345. The van der Waals surface area contributed by atoms with E-state index in [0.717, 1.165) is 25.4 Å². The molecule has 0 aliphatic carbocycles. The summed E-state index contributed by atoms with van der Waals surface area (Å²) in [7, 11) is -8.45. The van der Waals surface area contributed by atoms with Crippen LogP contribution in [-0.4, -0.2) is 48.4 Å². The first-order valence-electron chi connectivity index (χ1n) is 5.22. The lowest BCUT2D eigenvalue weighted by molar-refractivity contribution is -0.0000127. The second kappa shape index (κ2) is 22.1. The van der Waals surface area contributed by atoms with E-state index in [1.807, 2.05) is 0 Å². The van der Waals surface area contributed by atoms with Crippen LogP contribution in [0.3, 0.4) is 0 Å². The van der Waals surface area contributed by atoms with E-state index < -0.39 is 28.4 Å². The van der Waals surface area contributed by atoms with Crippen LogP contribution >= 0.6 is 8.54 Å². The Balaban J connectivity index is -0.0000000206. The predicted molar refractivity (Wildman–Crippen MR) is 104 cm³/mol. The normalized spacial score (nSPS) is 9.22. The zero-order valence-corrected chi connectivity index (χ0v) is 15.7. The Hall–Kier alpha value is 0.145. The topological polar surface area (TPSA) is 94.3 Å². The molecule has 0 aromatic rings. The number of halogens is 3. The van der Waals surface area contributed by atoms with Gasteiger partial charge in [-0.3, -0.25) is 0 Å². The van der Waals surface area contributed by atoms with Crippen molar-refractivity contribution in [2.45, 2.75) is 49.6 Å². The van der Waals surface area contributed by atoms with Gasteiger partial charge in [-0.2, -0.15) is 35.7 Å². The smallest absolute Gasteiger partial charge is 0.263 e. The third kappa shape index (κ3) is 428000. The summed E-state index contributed by atoms with van der Waals surface area (Å²) < 4.78 is 58.9. The summed E-state index contributed by atoms with van der Waals surface area (Å²) in [6, 6.07) is 0. The molecule has 0 aromatic carbocycles. The number of hydrogen-bond donors (Lipinski definition) is 1. The molecule has 0 aliphatic rings. The highest BCUT2D eigenvalue weighted by atomic mass is 32.2. The van der Waals surface area contributed by atoms with Gasteiger partial charge in [0.2, 0.25) is 10.0 Å². The van der Waals surface area contributed by atoms with Crippen LogP contribution in [0.15, 0.2) is 0 Å². The lowest BCUT2D eigenvalue weighted by Crippen LogP contribution is -3.00. The number of primary sulfonamides is 1. The Morgan fingerprint density at radius 3 is 0.826 bits per heavy atom. The van der Waals surface area contributed by atoms with Crippen LogP contribution in [0.2, 0.25) is 27.3 Å². The predicted octanol–water partition coefficient (Wildman–Crippen LogP) is 1.30. The molecule has 23 heavy (non-hydrogen) atoms. The minimum Gasteiger partial charge on any atom is -1.00 e. The van der Waals surface area contributed by atoms with Crippen molar-refractivity contribution in [1.82, 2.24) is 0 Å². The van der Waals surface area contributed by atoms with Crippen LogP contribution in [0.25, 0.3) is 0 Å². The lowest BCUT2D eigenvalue weighted by Gasteiger charge is -2.10. The second-order valence-electron chi connectivity index (χ2n) is 5.84. The standard InChI is InChI=1S/C4H12B.C2H6O2S.CH3F2P.CH5NO2S.3CH4.FH/c2*1-5(2,3)4;1-4(2)3;1-5(2,3)4;;;;/h1-4H3;1-2H3;1H3;1H3,(H2,2,3,4);3*1H4;1H/q-1;;;;;;;/p-1. The summed E-state index contributed by atoms with van der Waals surface area (Å²) in [4.78, 5) is 0. The van der Waals surface area contributed by atoms with Gasteiger partial charge in [-0.15, -0.1) is 0 Å². The van der Waals surface area contributed by atoms with Gasteiger partial charge in [0.25, 0.3) is 8.54 Å². The van der Waals surface area contributed by atoms with E-state index in [0.29, 0.717) is 0 Å². The van der Waals surface area contributed by atoms with E-state index in [4.69, 9.17) is 0 Å². The molecule has 0 aromatic heterocycles. The van der Waals surface area contributed by atoms with Crippen LogP contribution in [-0.2, 0) is 19.9 Å². The van der Waals surface area contributed by atoms with E-state index in [1.165, 1.54) is 0 Å². The van der Waals surface area contributed by atoms with Crippen molar-refractivity contribution >= 4 is 34.5 Å². The summed E-state index contributed by atoms with van der Waals surface area (Å²) in [6.45, 7) is 9.90. The molecule has 0 aliphatic heterocycles. The van der Waals surface area contributed by atoms with E-state index in [9.17, 15) is 25.2 Å². The molecule has 0 heterocycles. The van der Waals surface area contributed by atoms with Crippen molar-refractivity contribution < 1.29 is 29.9 Å². The van der Waals surface area contributed by atoms with Gasteiger partial charge in [-0.05, 0) is 6.15 Å². The van der Waals surface area contributed by atoms with Crippen molar-refractivity contribution in [3.05, 3.63) is 0 Å². The average Bonchev–Trinajstić information content (AvgIpc) is 1.66. The number of hydrogen-bond acceptors (Lipinski definition) is 4. The molecule has 154 valence electrons. The van der Waals surface area contributed by atoms with Crippen molar-refractivity contribution in [3.8, 4) is 0 Å². The van der Waals surface area contributed by atoms with E-state index in [2.05, 4.69) is 32.4 Å². The van der Waals surface area contributed by atoms with Gasteiger partial charge >= 0.3 is 0 Å². The van der Waals surface area contributed by atoms with Crippen LogP contribution < -0.4 is 9.84 Å². The molecule has 2 N–H and O–H groups in total. The van der Waals surface area contributed by atoms with Crippen LogP contribution in [0.4, 0.5) is 8.39 Å². The zero-order valence-electron chi connectivity index (χ0n) is 13.2. The molecule has 5 nitrogen and oxygen atoms in total.